The van der Waals surface area contributed by atoms with Crippen molar-refractivity contribution in [2.45, 2.75) is 51.9 Å². The first-order chi connectivity index (χ1) is 8.85. The van der Waals surface area contributed by atoms with Crippen molar-refractivity contribution in [2.24, 2.45) is 11.8 Å². The van der Waals surface area contributed by atoms with E-state index >= 15 is 0 Å². The largest absolute Gasteiger partial charge is 0.472 e. The van der Waals surface area contributed by atoms with Gasteiger partial charge in [0.1, 0.15) is 0 Å². The van der Waals surface area contributed by atoms with Gasteiger partial charge < -0.3 is 9.73 Å². The monoisotopic (exact) mass is 249 g/mol. The number of furan rings is 1. The van der Waals surface area contributed by atoms with Gasteiger partial charge in [0.05, 0.1) is 12.5 Å². The third kappa shape index (κ3) is 3.38. The fourth-order valence-corrected chi connectivity index (χ4v) is 3.46. The zero-order valence-corrected chi connectivity index (χ0v) is 11.8. The van der Waals surface area contributed by atoms with Crippen LogP contribution < -0.4 is 5.32 Å². The molecule has 1 aromatic heterocycles. The molecule has 0 bridgehead atoms. The van der Waals surface area contributed by atoms with Gasteiger partial charge in [0, 0.05) is 0 Å². The van der Waals surface area contributed by atoms with Crippen molar-refractivity contribution in [1.82, 2.24) is 5.32 Å². The van der Waals surface area contributed by atoms with Crippen molar-refractivity contribution >= 4 is 0 Å². The maximum atomic E-state index is 5.30. The zero-order valence-electron chi connectivity index (χ0n) is 11.8. The molecule has 3 unspecified atom stereocenters. The zero-order chi connectivity index (χ0) is 12.8. The molecule has 3 atom stereocenters. The Labute approximate surface area is 111 Å². The SMILES string of the molecule is CCCC1CCC(CNCC)C(c2ccoc2)C1. The van der Waals surface area contributed by atoms with Gasteiger partial charge in [-0.05, 0) is 55.3 Å². The van der Waals surface area contributed by atoms with Crippen LogP contribution in [0.1, 0.15) is 57.4 Å². The molecule has 0 spiro atoms. The molecule has 1 aromatic rings. The molecule has 0 saturated heterocycles. The molecular weight excluding hydrogens is 222 g/mol. The normalized spacial score (nSPS) is 28.4. The van der Waals surface area contributed by atoms with Crippen LogP contribution in [0.4, 0.5) is 0 Å². The quantitative estimate of drug-likeness (QED) is 0.818. The second-order valence-corrected chi connectivity index (χ2v) is 5.70. The van der Waals surface area contributed by atoms with Gasteiger partial charge in [-0.25, -0.2) is 0 Å². The lowest BCUT2D eigenvalue weighted by molar-refractivity contribution is 0.220. The molecule has 0 aromatic carbocycles. The summed E-state index contributed by atoms with van der Waals surface area (Å²) in [5.41, 5.74) is 1.42. The minimum absolute atomic E-state index is 0.702. The van der Waals surface area contributed by atoms with Crippen LogP contribution >= 0.6 is 0 Å². The first-order valence-electron chi connectivity index (χ1n) is 7.57. The predicted octanol–water partition coefficient (Wildman–Crippen LogP) is 4.19. The van der Waals surface area contributed by atoms with Crippen LogP contribution in [0, 0.1) is 11.8 Å². The highest BCUT2D eigenvalue weighted by Crippen LogP contribution is 2.42. The highest BCUT2D eigenvalue weighted by molar-refractivity contribution is 5.15. The summed E-state index contributed by atoms with van der Waals surface area (Å²) < 4.78 is 5.30. The van der Waals surface area contributed by atoms with Gasteiger partial charge in [-0.3, -0.25) is 0 Å². The van der Waals surface area contributed by atoms with Crippen molar-refractivity contribution in [3.63, 3.8) is 0 Å². The second kappa shape index (κ2) is 6.98. The maximum Gasteiger partial charge on any atom is 0.0937 e. The molecular formula is C16H27NO. The summed E-state index contributed by atoms with van der Waals surface area (Å²) in [6.45, 7) is 6.73. The fourth-order valence-electron chi connectivity index (χ4n) is 3.46. The molecule has 0 radical (unpaired) electrons. The lowest BCUT2D eigenvalue weighted by Crippen LogP contribution is -2.31. The highest BCUT2D eigenvalue weighted by Gasteiger charge is 2.31. The average Bonchev–Trinajstić information content (AvgIpc) is 2.91. The Morgan fingerprint density at radius 2 is 2.22 bits per heavy atom. The Hall–Kier alpha value is -0.760. The van der Waals surface area contributed by atoms with E-state index in [4.69, 9.17) is 4.42 Å². The molecule has 2 heteroatoms. The number of hydrogen-bond donors (Lipinski definition) is 1. The number of hydrogen-bond acceptors (Lipinski definition) is 2. The van der Waals surface area contributed by atoms with Gasteiger partial charge in [0.2, 0.25) is 0 Å². The molecule has 1 aliphatic rings. The van der Waals surface area contributed by atoms with Gasteiger partial charge in [-0.2, -0.15) is 0 Å². The first-order valence-corrected chi connectivity index (χ1v) is 7.57. The van der Waals surface area contributed by atoms with E-state index in [-0.39, 0.29) is 0 Å². The predicted molar refractivity (Wildman–Crippen MR) is 75.7 cm³/mol. The van der Waals surface area contributed by atoms with E-state index in [9.17, 15) is 0 Å². The third-order valence-corrected chi connectivity index (χ3v) is 4.43. The molecule has 0 aliphatic heterocycles. The number of rotatable bonds is 6. The van der Waals surface area contributed by atoms with Crippen LogP contribution in [0.5, 0.6) is 0 Å². The van der Waals surface area contributed by atoms with E-state index in [0.29, 0.717) is 5.92 Å². The Morgan fingerprint density at radius 3 is 2.89 bits per heavy atom. The smallest absolute Gasteiger partial charge is 0.0937 e. The third-order valence-electron chi connectivity index (χ3n) is 4.43. The van der Waals surface area contributed by atoms with Crippen LogP contribution in [0.3, 0.4) is 0 Å². The molecule has 102 valence electrons. The van der Waals surface area contributed by atoms with Gasteiger partial charge in [0.25, 0.3) is 0 Å². The molecule has 2 nitrogen and oxygen atoms in total. The summed E-state index contributed by atoms with van der Waals surface area (Å²) in [5, 5.41) is 3.53. The van der Waals surface area contributed by atoms with Crippen molar-refractivity contribution in [1.29, 1.82) is 0 Å². The average molecular weight is 249 g/mol. The van der Waals surface area contributed by atoms with Gasteiger partial charge >= 0.3 is 0 Å². The van der Waals surface area contributed by atoms with E-state index in [0.717, 1.165) is 24.9 Å². The summed E-state index contributed by atoms with van der Waals surface area (Å²) in [4.78, 5) is 0. The minimum Gasteiger partial charge on any atom is -0.472 e. The summed E-state index contributed by atoms with van der Waals surface area (Å²) >= 11 is 0. The molecule has 1 fully saturated rings. The molecule has 1 N–H and O–H groups in total. The van der Waals surface area contributed by atoms with Crippen LogP contribution in [-0.2, 0) is 0 Å². The summed E-state index contributed by atoms with van der Waals surface area (Å²) in [6.07, 6.45) is 10.6. The van der Waals surface area contributed by atoms with E-state index in [1.165, 1.54) is 37.7 Å². The Morgan fingerprint density at radius 1 is 1.33 bits per heavy atom. The van der Waals surface area contributed by atoms with E-state index in [1.807, 2.05) is 12.5 Å². The lowest BCUT2D eigenvalue weighted by atomic mass is 9.70. The topological polar surface area (TPSA) is 25.2 Å². The van der Waals surface area contributed by atoms with Crippen LogP contribution in [0.15, 0.2) is 23.0 Å². The van der Waals surface area contributed by atoms with Crippen molar-refractivity contribution < 1.29 is 4.42 Å². The molecule has 1 aliphatic carbocycles. The second-order valence-electron chi connectivity index (χ2n) is 5.70. The minimum atomic E-state index is 0.702. The van der Waals surface area contributed by atoms with Crippen molar-refractivity contribution in [3.8, 4) is 0 Å². The fraction of sp³-hybridized carbons (Fsp3) is 0.750. The summed E-state index contributed by atoms with van der Waals surface area (Å²) in [5.74, 6) is 2.41. The van der Waals surface area contributed by atoms with E-state index in [1.54, 1.807) is 0 Å². The summed E-state index contributed by atoms with van der Waals surface area (Å²) in [6, 6.07) is 2.16. The van der Waals surface area contributed by atoms with E-state index in [2.05, 4.69) is 25.2 Å². The maximum absolute atomic E-state index is 5.30. The van der Waals surface area contributed by atoms with Crippen molar-refractivity contribution in [2.75, 3.05) is 13.1 Å². The highest BCUT2D eigenvalue weighted by atomic mass is 16.3. The Bertz CT molecular complexity index is 320. The standard InChI is InChI=1S/C16H27NO/c1-3-5-13-6-7-14(11-17-4-2)16(10-13)15-8-9-18-12-15/h8-9,12-14,16-17H,3-7,10-11H2,1-2H3. The first kappa shape index (κ1) is 13.7. The molecule has 18 heavy (non-hydrogen) atoms. The Balaban J connectivity index is 2.01. The van der Waals surface area contributed by atoms with Crippen LogP contribution in [0.25, 0.3) is 0 Å². The molecule has 2 rings (SSSR count). The molecule has 1 heterocycles. The number of nitrogens with one attached hydrogen (secondary N) is 1. The van der Waals surface area contributed by atoms with Gasteiger partial charge in [0.15, 0.2) is 0 Å². The molecule has 0 amide bonds. The van der Waals surface area contributed by atoms with Gasteiger partial charge in [-0.15, -0.1) is 0 Å². The van der Waals surface area contributed by atoms with Crippen LogP contribution in [-0.4, -0.2) is 13.1 Å². The summed E-state index contributed by atoms with van der Waals surface area (Å²) in [7, 11) is 0. The lowest BCUT2D eigenvalue weighted by Gasteiger charge is -2.36. The Kier molecular flexibility index (Phi) is 5.30. The van der Waals surface area contributed by atoms with Crippen molar-refractivity contribution in [3.05, 3.63) is 24.2 Å². The van der Waals surface area contributed by atoms with E-state index < -0.39 is 0 Å². The molecule has 1 saturated carbocycles. The van der Waals surface area contributed by atoms with Gasteiger partial charge in [-0.1, -0.05) is 33.1 Å². The van der Waals surface area contributed by atoms with Crippen LogP contribution in [0.2, 0.25) is 0 Å².